The number of halogens is 1. The number of Topliss-reactive ketones (excluding diaryl/α,β-unsaturated/α-hetero) is 2. The maximum atomic E-state index is 12.5. The van der Waals surface area contributed by atoms with Crippen LogP contribution in [0.2, 0.25) is 0 Å². The number of hydrogen-bond acceptors (Lipinski definition) is 11. The van der Waals surface area contributed by atoms with Crippen molar-refractivity contribution in [2.75, 3.05) is 22.7 Å². The minimum absolute atomic E-state index is 0. The molecule has 344 valence electrons. The lowest BCUT2D eigenvalue weighted by Crippen LogP contribution is -2.27. The summed E-state index contributed by atoms with van der Waals surface area (Å²) in [6.45, 7) is 26.7. The highest BCUT2D eigenvalue weighted by Gasteiger charge is 2.20. The molecule has 14 heteroatoms. The molecule has 0 saturated heterocycles. The molecule has 0 aliphatic carbocycles. The Morgan fingerprint density at radius 1 is 0.574 bits per heavy atom. The standard InChI is InChI=1S/C19H21NO5S.C18H21NO4S.4C2H6.CH3I.CH4/c1-19(2,3)25-18(23)20-15-11-26-10-14(15)9-16(21)12-5-7-13(8-6-12)17(22)24-4;1-18(2,3)23-17(22)19-15-11-24-10-14(15)8-16(21)13-6-4-12(9-20)5-7-13;5*1-2;/h5-8,10-11H,9H2,1-4H3,(H,20,23);4-7,10-11,20H,8-9H2,1-3H3,(H,19,22);4*1-2H3;1H3;1H4. The number of carbonyl (C=O) groups excluding carboxylic acids is 5. The number of esters is 1. The Labute approximate surface area is 388 Å². The highest BCUT2D eigenvalue weighted by atomic mass is 127. The van der Waals surface area contributed by atoms with Gasteiger partial charge >= 0.3 is 18.2 Å². The van der Waals surface area contributed by atoms with Gasteiger partial charge in [-0.2, -0.15) is 0 Å². The smallest absolute Gasteiger partial charge is 0.412 e. The van der Waals surface area contributed by atoms with E-state index in [1.54, 1.807) is 101 Å². The monoisotopic (exact) mass is 1000 g/mol. The van der Waals surface area contributed by atoms with Gasteiger partial charge in [0.25, 0.3) is 0 Å². The van der Waals surface area contributed by atoms with Crippen molar-refractivity contribution in [3.8, 4) is 0 Å². The fourth-order valence-corrected chi connectivity index (χ4v) is 5.80. The van der Waals surface area contributed by atoms with E-state index in [2.05, 4.69) is 38.0 Å². The van der Waals surface area contributed by atoms with E-state index in [0.29, 0.717) is 33.6 Å². The number of carbonyl (C=O) groups is 5. The second kappa shape index (κ2) is 35.5. The van der Waals surface area contributed by atoms with Crippen LogP contribution in [-0.2, 0) is 33.7 Å². The summed E-state index contributed by atoms with van der Waals surface area (Å²) in [4.78, 5) is 62.0. The van der Waals surface area contributed by atoms with Gasteiger partial charge in [-0.1, -0.05) is 122 Å². The number of benzene rings is 2. The summed E-state index contributed by atoms with van der Waals surface area (Å²) in [5.74, 6) is -0.622. The SMILES string of the molecule is C.CC.CC.CC.CC.CC(C)(C)OC(=O)Nc1cscc1CC(=O)c1ccc(CO)cc1.CI.COC(=O)c1ccc(C(=O)Cc2cscc2NC(=O)OC(C)(C)C)cc1. The molecule has 0 radical (unpaired) electrons. The number of rotatable bonds is 10. The van der Waals surface area contributed by atoms with Gasteiger partial charge in [0.2, 0.25) is 0 Å². The first-order chi connectivity index (χ1) is 28.5. The molecule has 0 atom stereocenters. The van der Waals surface area contributed by atoms with Crippen molar-refractivity contribution in [3.63, 3.8) is 0 Å². The largest absolute Gasteiger partial charge is 0.465 e. The van der Waals surface area contributed by atoms with Gasteiger partial charge in [0.15, 0.2) is 11.6 Å². The topological polar surface area (TPSA) is 157 Å². The molecule has 0 bridgehead atoms. The number of aliphatic hydroxyl groups excluding tert-OH is 1. The molecule has 0 unspecified atom stereocenters. The summed E-state index contributed by atoms with van der Waals surface area (Å²) in [5, 5.41) is 21.6. The van der Waals surface area contributed by atoms with E-state index in [4.69, 9.17) is 14.6 Å². The van der Waals surface area contributed by atoms with Crippen LogP contribution >= 0.6 is 45.3 Å². The Morgan fingerprint density at radius 3 is 1.18 bits per heavy atom. The normalized spacial score (nSPS) is 9.54. The van der Waals surface area contributed by atoms with Crippen molar-refractivity contribution in [1.29, 1.82) is 0 Å². The third-order valence-electron chi connectivity index (χ3n) is 6.54. The molecular formula is C47H73IN2O9S2. The molecule has 0 aliphatic rings. The number of anilines is 2. The first-order valence-corrected chi connectivity index (χ1v) is 23.9. The molecule has 4 aromatic rings. The zero-order valence-corrected chi connectivity index (χ0v) is 42.2. The van der Waals surface area contributed by atoms with E-state index in [0.717, 1.165) is 11.1 Å². The first kappa shape index (κ1) is 63.5. The number of thiophene rings is 2. The Balaban J connectivity index is -0.000000437. The second-order valence-electron chi connectivity index (χ2n) is 13.0. The number of aliphatic hydroxyl groups is 1. The summed E-state index contributed by atoms with van der Waals surface area (Å²) in [6, 6.07) is 13.1. The number of hydrogen-bond donors (Lipinski definition) is 3. The van der Waals surface area contributed by atoms with Gasteiger partial charge in [0, 0.05) is 34.7 Å². The van der Waals surface area contributed by atoms with Gasteiger partial charge in [-0.15, -0.1) is 22.7 Å². The lowest BCUT2D eigenvalue weighted by Gasteiger charge is -2.19. The highest BCUT2D eigenvalue weighted by Crippen LogP contribution is 2.25. The zero-order valence-electron chi connectivity index (χ0n) is 38.5. The lowest BCUT2D eigenvalue weighted by molar-refractivity contribution is 0.0596. The van der Waals surface area contributed by atoms with Gasteiger partial charge in [0.05, 0.1) is 30.7 Å². The van der Waals surface area contributed by atoms with Crippen molar-refractivity contribution < 1.29 is 43.3 Å². The highest BCUT2D eigenvalue weighted by molar-refractivity contribution is 14.1. The molecule has 0 aliphatic heterocycles. The number of alkyl halides is 1. The lowest BCUT2D eigenvalue weighted by atomic mass is 10.0. The molecule has 0 spiro atoms. The van der Waals surface area contributed by atoms with Crippen LogP contribution < -0.4 is 10.6 Å². The molecule has 4 rings (SSSR count). The molecule has 0 fully saturated rings. The van der Waals surface area contributed by atoms with Crippen molar-refractivity contribution in [2.45, 2.75) is 135 Å². The average Bonchev–Trinajstić information content (AvgIpc) is 3.87. The van der Waals surface area contributed by atoms with Crippen LogP contribution in [0.25, 0.3) is 0 Å². The Morgan fingerprint density at radius 2 is 0.885 bits per heavy atom. The van der Waals surface area contributed by atoms with Crippen LogP contribution in [0.5, 0.6) is 0 Å². The van der Waals surface area contributed by atoms with Crippen molar-refractivity contribution >= 4 is 86.4 Å². The minimum atomic E-state index is -0.600. The number of amides is 2. The quantitative estimate of drug-likeness (QED) is 0.0462. The van der Waals surface area contributed by atoms with Crippen LogP contribution in [-0.4, -0.2) is 58.1 Å². The molecule has 61 heavy (non-hydrogen) atoms. The molecule has 11 nitrogen and oxygen atoms in total. The molecule has 3 N–H and O–H groups in total. The molecule has 2 aromatic carbocycles. The average molecular weight is 1000 g/mol. The molecule has 0 saturated carbocycles. The number of nitrogens with one attached hydrogen (secondary N) is 2. The summed E-state index contributed by atoms with van der Waals surface area (Å²) < 4.78 is 15.1. The van der Waals surface area contributed by atoms with Crippen LogP contribution in [0.3, 0.4) is 0 Å². The minimum Gasteiger partial charge on any atom is -0.465 e. The van der Waals surface area contributed by atoms with Gasteiger partial charge < -0.3 is 19.3 Å². The summed E-state index contributed by atoms with van der Waals surface area (Å²) in [5.41, 5.74) is 3.63. The zero-order chi connectivity index (χ0) is 47.1. The fraction of sp³-hybridized carbons (Fsp3) is 0.468. The second-order valence-corrected chi connectivity index (χ2v) is 14.5. The summed E-state index contributed by atoms with van der Waals surface area (Å²) in [7, 11) is 1.30. The van der Waals surface area contributed by atoms with E-state index in [9.17, 15) is 24.0 Å². The molecular weight excluding hydrogens is 928 g/mol. The Hall–Kier alpha value is -4.12. The van der Waals surface area contributed by atoms with Gasteiger partial charge in [-0.05, 0) is 86.1 Å². The summed E-state index contributed by atoms with van der Waals surface area (Å²) in [6.07, 6.45) is -0.784. The van der Waals surface area contributed by atoms with Crippen LogP contribution in [0.15, 0.2) is 70.1 Å². The maximum absolute atomic E-state index is 12.5. The van der Waals surface area contributed by atoms with Crippen LogP contribution in [0.4, 0.5) is 21.0 Å². The third-order valence-corrected chi connectivity index (χ3v) is 8.13. The van der Waals surface area contributed by atoms with E-state index in [-0.39, 0.29) is 38.4 Å². The van der Waals surface area contributed by atoms with Crippen LogP contribution in [0, 0.1) is 0 Å². The molecule has 2 aromatic heterocycles. The predicted octanol–water partition coefficient (Wildman–Crippen LogP) is 14.1. The predicted molar refractivity (Wildman–Crippen MR) is 267 cm³/mol. The van der Waals surface area contributed by atoms with Crippen molar-refractivity contribution in [3.05, 3.63) is 103 Å². The van der Waals surface area contributed by atoms with E-state index < -0.39 is 29.4 Å². The third kappa shape index (κ3) is 26.7. The van der Waals surface area contributed by atoms with Crippen molar-refractivity contribution in [2.24, 2.45) is 0 Å². The van der Waals surface area contributed by atoms with E-state index >= 15 is 0 Å². The molecule has 2 amide bonds. The Kier molecular flexibility index (Phi) is 36.9. The number of ether oxygens (including phenoxy) is 3. The summed E-state index contributed by atoms with van der Waals surface area (Å²) >= 11 is 4.95. The van der Waals surface area contributed by atoms with Gasteiger partial charge in [0.1, 0.15) is 11.2 Å². The number of methoxy groups -OCH3 is 1. The van der Waals surface area contributed by atoms with Gasteiger partial charge in [-0.25, -0.2) is 14.4 Å². The van der Waals surface area contributed by atoms with Crippen LogP contribution in [0.1, 0.15) is 152 Å². The van der Waals surface area contributed by atoms with Crippen molar-refractivity contribution in [1.82, 2.24) is 0 Å². The first-order valence-electron chi connectivity index (χ1n) is 19.9. The number of ketones is 2. The fourth-order valence-electron chi connectivity index (χ4n) is 4.22. The van der Waals surface area contributed by atoms with Gasteiger partial charge in [-0.3, -0.25) is 20.2 Å². The maximum Gasteiger partial charge on any atom is 0.412 e. The molecule has 2 heterocycles. The van der Waals surface area contributed by atoms with E-state index in [1.807, 2.05) is 71.1 Å². The Bertz CT molecular complexity index is 1790. The van der Waals surface area contributed by atoms with E-state index in [1.165, 1.54) is 29.8 Å².